The molecular weight excluding hydrogens is 863 g/mol. The molecule has 0 saturated heterocycles. The standard InChI is InChI=1S/C47H69N11O9/c1-8-9-23-50-41-54-38(48)37-39(55-41)58(42(61)53-37)31-33-19-21-35(22-20-33)40(60)52-30-36(59)49-24-15-28-56(44(63)66-46(2,3)4)26-13-14-27-57(45(64)67-47(5,6)7)29-16-25-51-43(62)65-32-34-17-11-10-12-18-34/h10-12,17-22H,8-9,13-16,23-32H2,1-7H3,(H,49,59)(H,51,62)(H,52,60)(H,53,61)(H3,48,50,54,55). The number of hydrogen-bond acceptors (Lipinski definition) is 14. The van der Waals surface area contributed by atoms with Gasteiger partial charge in [0.25, 0.3) is 11.9 Å². The summed E-state index contributed by atoms with van der Waals surface area (Å²) in [7, 11) is 0. The number of nitrogens with zero attached hydrogens (tertiary/aromatic N) is 6. The van der Waals surface area contributed by atoms with E-state index < -0.39 is 41.3 Å². The van der Waals surface area contributed by atoms with Crippen molar-refractivity contribution in [3.8, 4) is 6.01 Å². The number of carbonyl (C=O) groups is 5. The van der Waals surface area contributed by atoms with Gasteiger partial charge in [-0.05, 0) is 96.9 Å². The fourth-order valence-electron chi connectivity index (χ4n) is 6.46. The van der Waals surface area contributed by atoms with E-state index in [4.69, 9.17) is 19.9 Å². The molecule has 0 bridgehead atoms. The zero-order valence-corrected chi connectivity index (χ0v) is 40.0. The summed E-state index contributed by atoms with van der Waals surface area (Å²) in [6.45, 7) is 15.4. The molecule has 0 aliphatic heterocycles. The van der Waals surface area contributed by atoms with Crippen LogP contribution >= 0.6 is 0 Å². The van der Waals surface area contributed by atoms with E-state index in [2.05, 4.69) is 43.1 Å². The first-order valence-corrected chi connectivity index (χ1v) is 22.8. The second-order valence-electron chi connectivity index (χ2n) is 18.0. The Kier molecular flexibility index (Phi) is 20.3. The first-order valence-electron chi connectivity index (χ1n) is 22.8. The molecule has 0 radical (unpaired) electrons. The minimum Gasteiger partial charge on any atom is -0.480 e. The fourth-order valence-corrected chi connectivity index (χ4v) is 6.46. The van der Waals surface area contributed by atoms with Gasteiger partial charge in [-0.1, -0.05) is 55.8 Å². The van der Waals surface area contributed by atoms with Gasteiger partial charge in [0.05, 0.1) is 13.1 Å². The molecule has 20 nitrogen and oxygen atoms in total. The van der Waals surface area contributed by atoms with Crippen molar-refractivity contribution in [2.45, 2.75) is 111 Å². The molecule has 366 valence electrons. The van der Waals surface area contributed by atoms with Crippen molar-refractivity contribution >= 4 is 53.0 Å². The minimum absolute atomic E-state index is 0.144. The number of hydrogen-bond donors (Lipinski definition) is 6. The number of ether oxygens (including phenoxy) is 3. The number of nitrogens with two attached hydrogens (primary N) is 1. The molecule has 2 aromatic carbocycles. The van der Waals surface area contributed by atoms with Gasteiger partial charge in [0.15, 0.2) is 17.0 Å². The molecule has 67 heavy (non-hydrogen) atoms. The lowest BCUT2D eigenvalue weighted by Crippen LogP contribution is -2.41. The molecule has 0 fully saturated rings. The van der Waals surface area contributed by atoms with Gasteiger partial charge in [-0.3, -0.25) is 14.2 Å². The molecular formula is C47H69N11O9. The molecule has 2 heterocycles. The van der Waals surface area contributed by atoms with Crippen molar-refractivity contribution in [1.29, 1.82) is 0 Å². The third kappa shape index (κ3) is 18.9. The molecule has 20 heteroatoms. The highest BCUT2D eigenvalue weighted by atomic mass is 16.6. The summed E-state index contributed by atoms with van der Waals surface area (Å²) in [5.41, 5.74) is 7.29. The molecule has 0 unspecified atom stereocenters. The lowest BCUT2D eigenvalue weighted by Gasteiger charge is -2.29. The molecule has 2 aromatic heterocycles. The maximum Gasteiger partial charge on any atom is 0.410 e. The average molecular weight is 932 g/mol. The van der Waals surface area contributed by atoms with Gasteiger partial charge in [0, 0.05) is 51.4 Å². The van der Waals surface area contributed by atoms with Gasteiger partial charge >= 0.3 is 18.3 Å². The number of benzene rings is 2. The summed E-state index contributed by atoms with van der Waals surface area (Å²) in [4.78, 5) is 80.2. The quantitative estimate of drug-likeness (QED) is 0.0339. The van der Waals surface area contributed by atoms with Crippen LogP contribution in [0, 0.1) is 0 Å². The number of anilines is 2. The number of imidazole rings is 1. The molecule has 7 N–H and O–H groups in total. The normalized spacial score (nSPS) is 11.4. The van der Waals surface area contributed by atoms with Crippen LogP contribution in [0.1, 0.15) is 108 Å². The number of aromatic hydroxyl groups is 1. The number of aromatic nitrogens is 4. The average Bonchev–Trinajstić information content (AvgIpc) is 3.58. The minimum atomic E-state index is -0.727. The Morgan fingerprint density at radius 3 is 1.87 bits per heavy atom. The van der Waals surface area contributed by atoms with Crippen molar-refractivity contribution in [2.75, 3.05) is 63.4 Å². The maximum absolute atomic E-state index is 13.2. The number of unbranched alkanes of at least 4 members (excludes halogenated alkanes) is 2. The van der Waals surface area contributed by atoms with Gasteiger partial charge in [-0.25, -0.2) is 14.4 Å². The molecule has 5 amide bonds. The molecule has 4 aromatic rings. The highest BCUT2D eigenvalue weighted by molar-refractivity contribution is 5.96. The Morgan fingerprint density at radius 2 is 1.28 bits per heavy atom. The number of carbonyl (C=O) groups excluding carboxylic acids is 5. The van der Waals surface area contributed by atoms with E-state index in [1.807, 2.05) is 30.3 Å². The zero-order chi connectivity index (χ0) is 49.0. The van der Waals surface area contributed by atoms with Gasteiger partial charge in [0.2, 0.25) is 11.9 Å². The fraction of sp³-hybridized carbons (Fsp3) is 0.532. The largest absolute Gasteiger partial charge is 0.480 e. The van der Waals surface area contributed by atoms with Gasteiger partial charge in [0.1, 0.15) is 17.8 Å². The van der Waals surface area contributed by atoms with Crippen LogP contribution in [0.2, 0.25) is 0 Å². The van der Waals surface area contributed by atoms with Gasteiger partial charge < -0.3 is 56.1 Å². The number of nitrogen functional groups attached to an aromatic ring is 1. The molecule has 0 saturated carbocycles. The first kappa shape index (κ1) is 52.8. The van der Waals surface area contributed by atoms with Crippen molar-refractivity contribution < 1.29 is 43.3 Å². The van der Waals surface area contributed by atoms with Gasteiger partial charge in [-0.2, -0.15) is 15.0 Å². The van der Waals surface area contributed by atoms with Crippen molar-refractivity contribution in [1.82, 2.24) is 45.3 Å². The predicted octanol–water partition coefficient (Wildman–Crippen LogP) is 6.18. The summed E-state index contributed by atoms with van der Waals surface area (Å²) >= 11 is 0. The maximum atomic E-state index is 13.2. The van der Waals surface area contributed by atoms with Crippen molar-refractivity contribution in [3.63, 3.8) is 0 Å². The van der Waals surface area contributed by atoms with Gasteiger partial charge in [-0.15, -0.1) is 0 Å². The number of alkyl carbamates (subject to hydrolysis) is 1. The summed E-state index contributed by atoms with van der Waals surface area (Å²) < 4.78 is 18.1. The Hall–Kier alpha value is -6.86. The molecule has 0 atom stereocenters. The number of amides is 5. The van der Waals surface area contributed by atoms with E-state index in [9.17, 15) is 29.1 Å². The number of nitrogens with one attached hydrogen (secondary N) is 4. The smallest absolute Gasteiger partial charge is 0.410 e. The zero-order valence-electron chi connectivity index (χ0n) is 40.0. The third-order valence-corrected chi connectivity index (χ3v) is 9.80. The lowest BCUT2D eigenvalue weighted by molar-refractivity contribution is -0.120. The monoisotopic (exact) mass is 932 g/mol. The highest BCUT2D eigenvalue weighted by Crippen LogP contribution is 2.25. The number of rotatable bonds is 24. The van der Waals surface area contributed by atoms with Crippen molar-refractivity contribution in [3.05, 3.63) is 71.3 Å². The van der Waals surface area contributed by atoms with Crippen LogP contribution in [-0.4, -0.2) is 128 Å². The van der Waals surface area contributed by atoms with Crippen LogP contribution in [0.5, 0.6) is 6.01 Å². The molecule has 4 rings (SSSR count). The van der Waals surface area contributed by atoms with Crippen LogP contribution in [0.3, 0.4) is 0 Å². The Bertz CT molecular complexity index is 2220. The summed E-state index contributed by atoms with van der Waals surface area (Å²) in [6, 6.07) is 15.8. The topological polar surface area (TPSA) is 257 Å². The van der Waals surface area contributed by atoms with Crippen LogP contribution in [0.15, 0.2) is 54.6 Å². The Morgan fingerprint density at radius 1 is 0.701 bits per heavy atom. The Balaban J connectivity index is 1.21. The summed E-state index contributed by atoms with van der Waals surface area (Å²) in [5.74, 6) is -0.364. The second-order valence-corrected chi connectivity index (χ2v) is 18.0. The van der Waals surface area contributed by atoms with E-state index in [-0.39, 0.29) is 43.6 Å². The van der Waals surface area contributed by atoms with E-state index in [0.29, 0.717) is 82.1 Å². The highest BCUT2D eigenvalue weighted by Gasteiger charge is 2.24. The van der Waals surface area contributed by atoms with Crippen LogP contribution in [-0.2, 0) is 32.2 Å². The lowest BCUT2D eigenvalue weighted by atomic mass is 10.1. The SMILES string of the molecule is CCCCNc1nc(N)c2nc(O)n(Cc3ccc(C(=O)NCC(=O)NCCCN(CCCCN(CCCNC(=O)OCc4ccccc4)C(=O)OC(C)(C)C)C(=O)OC(C)(C)C)cc3)c2n1. The molecule has 0 aliphatic rings. The summed E-state index contributed by atoms with van der Waals surface area (Å²) in [5, 5.41) is 21.9. The van der Waals surface area contributed by atoms with E-state index in [1.165, 1.54) is 4.57 Å². The Labute approximate surface area is 392 Å². The van der Waals surface area contributed by atoms with Crippen molar-refractivity contribution in [2.24, 2.45) is 0 Å². The van der Waals surface area contributed by atoms with Crippen LogP contribution in [0.4, 0.5) is 26.1 Å². The first-order chi connectivity index (χ1) is 31.8. The predicted molar refractivity (Wildman–Crippen MR) is 254 cm³/mol. The van der Waals surface area contributed by atoms with E-state index in [0.717, 1.165) is 24.0 Å². The summed E-state index contributed by atoms with van der Waals surface area (Å²) in [6.07, 6.45) is 2.40. The molecule has 0 spiro atoms. The molecule has 0 aliphatic carbocycles. The van der Waals surface area contributed by atoms with Crippen LogP contribution < -0.4 is 27.0 Å². The number of fused-ring (bicyclic) bond motifs is 1. The second kappa shape index (κ2) is 25.7. The third-order valence-electron chi connectivity index (χ3n) is 9.80. The van der Waals surface area contributed by atoms with E-state index in [1.54, 1.807) is 75.6 Å². The van der Waals surface area contributed by atoms with Crippen LogP contribution in [0.25, 0.3) is 11.2 Å². The van der Waals surface area contributed by atoms with E-state index >= 15 is 0 Å².